The second kappa shape index (κ2) is 10.7. The summed E-state index contributed by atoms with van der Waals surface area (Å²) in [6.45, 7) is 9.99. The van der Waals surface area contributed by atoms with Crippen LogP contribution in [0, 0.1) is 20.8 Å². The highest BCUT2D eigenvalue weighted by Crippen LogP contribution is 2.26. The Kier molecular flexibility index (Phi) is 7.56. The number of anilines is 1. The zero-order chi connectivity index (χ0) is 26.7. The SMILES string of the molecule is Cc1cc(-c2nnc(NC(=O)c3ccc(S(=O)(=O)N(Cc4ccccc4)C(C)C)cc3)o2)cc(C)c1C. The molecule has 4 aromatic rings. The summed E-state index contributed by atoms with van der Waals surface area (Å²) in [4.78, 5) is 12.9. The standard InChI is InChI=1S/C28H30N4O4S/c1-18(2)32(17-22-9-7-6-8-10-22)37(34,35)25-13-11-23(12-14-25)26(33)29-28-31-30-27(36-28)24-15-19(3)21(5)20(4)16-24/h6-16,18H,17H2,1-5H3,(H,29,31,33). The molecule has 0 fully saturated rings. The molecule has 8 nitrogen and oxygen atoms in total. The first kappa shape index (κ1) is 26.2. The van der Waals surface area contributed by atoms with Crippen LogP contribution in [-0.2, 0) is 16.6 Å². The molecular weight excluding hydrogens is 488 g/mol. The van der Waals surface area contributed by atoms with Gasteiger partial charge in [-0.25, -0.2) is 8.42 Å². The van der Waals surface area contributed by atoms with Crippen LogP contribution in [-0.4, -0.2) is 34.9 Å². The Labute approximate surface area is 217 Å². The molecule has 9 heteroatoms. The lowest BCUT2D eigenvalue weighted by Crippen LogP contribution is -2.36. The van der Waals surface area contributed by atoms with Gasteiger partial charge in [0.1, 0.15) is 0 Å². The van der Waals surface area contributed by atoms with Crippen LogP contribution < -0.4 is 5.32 Å². The Hall–Kier alpha value is -3.82. The van der Waals surface area contributed by atoms with Crippen LogP contribution in [0.25, 0.3) is 11.5 Å². The quantitative estimate of drug-likeness (QED) is 0.330. The van der Waals surface area contributed by atoms with Crippen molar-refractivity contribution in [3.8, 4) is 11.5 Å². The summed E-state index contributed by atoms with van der Waals surface area (Å²) in [5.74, 6) is -0.185. The predicted molar refractivity (Wildman–Crippen MR) is 143 cm³/mol. The first-order valence-corrected chi connectivity index (χ1v) is 13.4. The van der Waals surface area contributed by atoms with Gasteiger partial charge in [0.2, 0.25) is 15.9 Å². The van der Waals surface area contributed by atoms with Gasteiger partial charge in [-0.05, 0) is 93.3 Å². The second-order valence-corrected chi connectivity index (χ2v) is 11.1. The van der Waals surface area contributed by atoms with Crippen molar-refractivity contribution in [2.75, 3.05) is 5.32 Å². The number of nitrogens with one attached hydrogen (secondary N) is 1. The van der Waals surface area contributed by atoms with Gasteiger partial charge in [0.25, 0.3) is 5.91 Å². The van der Waals surface area contributed by atoms with Crippen LogP contribution in [0.2, 0.25) is 0 Å². The Morgan fingerprint density at radius 1 is 0.946 bits per heavy atom. The molecule has 37 heavy (non-hydrogen) atoms. The Morgan fingerprint density at radius 2 is 1.57 bits per heavy atom. The number of carbonyl (C=O) groups excluding carboxylic acids is 1. The highest BCUT2D eigenvalue weighted by Gasteiger charge is 2.27. The number of amides is 1. The molecule has 1 N–H and O–H groups in total. The molecule has 0 atom stereocenters. The maximum absolute atomic E-state index is 13.3. The van der Waals surface area contributed by atoms with E-state index in [-0.39, 0.29) is 29.1 Å². The summed E-state index contributed by atoms with van der Waals surface area (Å²) in [5.41, 5.74) is 5.33. The summed E-state index contributed by atoms with van der Waals surface area (Å²) in [6, 6.07) is 18.8. The van der Waals surface area contributed by atoms with Gasteiger partial charge in [-0.15, -0.1) is 5.10 Å². The minimum atomic E-state index is -3.78. The van der Waals surface area contributed by atoms with E-state index < -0.39 is 15.9 Å². The van der Waals surface area contributed by atoms with Gasteiger partial charge in [0, 0.05) is 23.7 Å². The molecule has 0 aliphatic rings. The first-order valence-electron chi connectivity index (χ1n) is 11.9. The number of benzene rings is 3. The largest absolute Gasteiger partial charge is 0.403 e. The summed E-state index contributed by atoms with van der Waals surface area (Å²) in [6.07, 6.45) is 0. The summed E-state index contributed by atoms with van der Waals surface area (Å²) < 4.78 is 33.8. The molecule has 1 heterocycles. The molecule has 4 rings (SSSR count). The lowest BCUT2D eigenvalue weighted by Gasteiger charge is -2.26. The highest BCUT2D eigenvalue weighted by molar-refractivity contribution is 7.89. The lowest BCUT2D eigenvalue weighted by atomic mass is 10.0. The molecule has 0 unspecified atom stereocenters. The minimum absolute atomic E-state index is 0.0403. The number of hydrogen-bond donors (Lipinski definition) is 1. The van der Waals surface area contributed by atoms with E-state index in [0.29, 0.717) is 5.89 Å². The fourth-order valence-electron chi connectivity index (χ4n) is 3.94. The third-order valence-electron chi connectivity index (χ3n) is 6.30. The van der Waals surface area contributed by atoms with Crippen molar-refractivity contribution < 1.29 is 17.6 Å². The summed E-state index contributed by atoms with van der Waals surface area (Å²) in [7, 11) is -3.78. The smallest absolute Gasteiger partial charge is 0.322 e. The van der Waals surface area contributed by atoms with Gasteiger partial charge in [0.15, 0.2) is 0 Å². The van der Waals surface area contributed by atoms with Gasteiger partial charge >= 0.3 is 6.01 Å². The second-order valence-electron chi connectivity index (χ2n) is 9.26. The number of hydrogen-bond acceptors (Lipinski definition) is 6. The lowest BCUT2D eigenvalue weighted by molar-refractivity contribution is 0.102. The number of carbonyl (C=O) groups is 1. The molecule has 1 amide bonds. The van der Waals surface area contributed by atoms with Crippen LogP contribution in [0.5, 0.6) is 0 Å². The fraction of sp³-hybridized carbons (Fsp3) is 0.250. The van der Waals surface area contributed by atoms with E-state index in [0.717, 1.165) is 22.3 Å². The van der Waals surface area contributed by atoms with Crippen LogP contribution >= 0.6 is 0 Å². The normalized spacial score (nSPS) is 11.8. The van der Waals surface area contributed by atoms with Gasteiger partial charge in [-0.3, -0.25) is 10.1 Å². The van der Waals surface area contributed by atoms with E-state index in [2.05, 4.69) is 15.5 Å². The molecule has 0 aliphatic carbocycles. The van der Waals surface area contributed by atoms with Crippen molar-refractivity contribution in [2.45, 2.75) is 52.1 Å². The van der Waals surface area contributed by atoms with Gasteiger partial charge < -0.3 is 4.42 Å². The Morgan fingerprint density at radius 3 is 2.16 bits per heavy atom. The molecule has 0 aliphatic heterocycles. The van der Waals surface area contributed by atoms with Gasteiger partial charge in [0.05, 0.1) is 4.90 Å². The summed E-state index contributed by atoms with van der Waals surface area (Å²) in [5, 5.41) is 10.6. The van der Waals surface area contributed by atoms with Crippen molar-refractivity contribution in [3.05, 3.63) is 94.5 Å². The molecule has 3 aromatic carbocycles. The topological polar surface area (TPSA) is 105 Å². The number of aryl methyl sites for hydroxylation is 2. The van der Waals surface area contributed by atoms with Crippen molar-refractivity contribution >= 4 is 21.9 Å². The maximum Gasteiger partial charge on any atom is 0.322 e. The zero-order valence-corrected chi connectivity index (χ0v) is 22.3. The molecule has 0 radical (unpaired) electrons. The maximum atomic E-state index is 13.3. The Bertz CT molecular complexity index is 1490. The number of rotatable bonds is 8. The number of aromatic nitrogens is 2. The molecule has 0 spiro atoms. The van der Waals surface area contributed by atoms with Crippen LogP contribution in [0.1, 0.15) is 46.5 Å². The predicted octanol–water partition coefficient (Wildman–Crippen LogP) is 5.51. The van der Waals surface area contributed by atoms with Crippen LogP contribution in [0.4, 0.5) is 6.01 Å². The third kappa shape index (κ3) is 5.79. The van der Waals surface area contributed by atoms with E-state index in [4.69, 9.17) is 4.42 Å². The van der Waals surface area contributed by atoms with Crippen molar-refractivity contribution in [1.29, 1.82) is 0 Å². The van der Waals surface area contributed by atoms with E-state index >= 15 is 0 Å². The van der Waals surface area contributed by atoms with E-state index in [9.17, 15) is 13.2 Å². The van der Waals surface area contributed by atoms with Crippen LogP contribution in [0.15, 0.2) is 76.0 Å². The number of sulfonamides is 1. The van der Waals surface area contributed by atoms with E-state index in [1.54, 1.807) is 0 Å². The highest BCUT2D eigenvalue weighted by atomic mass is 32.2. The molecular formula is C28H30N4O4S. The third-order valence-corrected chi connectivity index (χ3v) is 8.34. The van der Waals surface area contributed by atoms with Crippen molar-refractivity contribution in [1.82, 2.24) is 14.5 Å². The summed E-state index contributed by atoms with van der Waals surface area (Å²) >= 11 is 0. The van der Waals surface area contributed by atoms with E-state index in [1.165, 1.54) is 34.1 Å². The van der Waals surface area contributed by atoms with Crippen molar-refractivity contribution in [2.24, 2.45) is 0 Å². The average molecular weight is 519 g/mol. The molecule has 1 aromatic heterocycles. The zero-order valence-electron chi connectivity index (χ0n) is 21.5. The monoisotopic (exact) mass is 518 g/mol. The van der Waals surface area contributed by atoms with E-state index in [1.807, 2.05) is 77.1 Å². The van der Waals surface area contributed by atoms with Gasteiger partial charge in [-0.1, -0.05) is 35.4 Å². The molecule has 192 valence electrons. The Balaban J connectivity index is 1.49. The van der Waals surface area contributed by atoms with Crippen molar-refractivity contribution in [3.63, 3.8) is 0 Å². The molecule has 0 saturated carbocycles. The average Bonchev–Trinajstić information content (AvgIpc) is 3.34. The first-order chi connectivity index (χ1) is 17.6. The van der Waals surface area contributed by atoms with Crippen LogP contribution in [0.3, 0.4) is 0 Å². The fourth-order valence-corrected chi connectivity index (χ4v) is 5.57. The minimum Gasteiger partial charge on any atom is -0.403 e. The molecule has 0 saturated heterocycles. The molecule has 0 bridgehead atoms. The number of nitrogens with zero attached hydrogens (tertiary/aromatic N) is 3. The van der Waals surface area contributed by atoms with Gasteiger partial charge in [-0.2, -0.15) is 4.31 Å².